The SMILES string of the molecule is CN(C)CCn1cnc(-c2ccc(C3=CCN(C(=O)O)CC3)cc2)n1. The highest BCUT2D eigenvalue weighted by Crippen LogP contribution is 2.24. The number of aromatic nitrogens is 3. The van der Waals surface area contributed by atoms with E-state index >= 15 is 0 Å². The molecule has 132 valence electrons. The van der Waals surface area contributed by atoms with Gasteiger partial charge in [0.15, 0.2) is 5.82 Å². The summed E-state index contributed by atoms with van der Waals surface area (Å²) in [5.74, 6) is 0.722. The van der Waals surface area contributed by atoms with Crippen molar-refractivity contribution in [1.82, 2.24) is 24.6 Å². The molecule has 1 aromatic carbocycles. The molecule has 7 nitrogen and oxygen atoms in total. The fourth-order valence-corrected chi connectivity index (χ4v) is 2.78. The highest BCUT2D eigenvalue weighted by Gasteiger charge is 2.16. The fraction of sp³-hybridized carbons (Fsp3) is 0.389. The largest absolute Gasteiger partial charge is 0.465 e. The third-order valence-electron chi connectivity index (χ3n) is 4.31. The Hall–Kier alpha value is -2.67. The standard InChI is InChI=1S/C18H23N5O2/c1-21(2)11-12-23-13-19-17(20-23)16-5-3-14(4-6-16)15-7-9-22(10-8-15)18(24)25/h3-7,13H,8-12H2,1-2H3,(H,24,25). The van der Waals surface area contributed by atoms with E-state index in [9.17, 15) is 4.79 Å². The van der Waals surface area contributed by atoms with Gasteiger partial charge in [0.05, 0.1) is 6.54 Å². The second kappa shape index (κ2) is 7.48. The van der Waals surface area contributed by atoms with Crippen molar-refractivity contribution in [3.63, 3.8) is 0 Å². The van der Waals surface area contributed by atoms with Crippen LogP contribution in [0.15, 0.2) is 36.7 Å². The van der Waals surface area contributed by atoms with Crippen molar-refractivity contribution in [2.24, 2.45) is 0 Å². The average Bonchev–Trinajstić information content (AvgIpc) is 3.09. The zero-order chi connectivity index (χ0) is 17.8. The maximum atomic E-state index is 11.0. The molecule has 1 aliphatic heterocycles. The van der Waals surface area contributed by atoms with Crippen LogP contribution in [0.1, 0.15) is 12.0 Å². The highest BCUT2D eigenvalue weighted by atomic mass is 16.4. The van der Waals surface area contributed by atoms with Crippen LogP contribution in [0.5, 0.6) is 0 Å². The second-order valence-corrected chi connectivity index (χ2v) is 6.42. The lowest BCUT2D eigenvalue weighted by molar-refractivity contribution is 0.150. The average molecular weight is 341 g/mol. The van der Waals surface area contributed by atoms with Gasteiger partial charge in [-0.05, 0) is 31.7 Å². The molecule has 2 heterocycles. The van der Waals surface area contributed by atoms with E-state index in [4.69, 9.17) is 5.11 Å². The summed E-state index contributed by atoms with van der Waals surface area (Å²) in [7, 11) is 4.07. The fourth-order valence-electron chi connectivity index (χ4n) is 2.78. The Kier molecular flexibility index (Phi) is 5.14. The van der Waals surface area contributed by atoms with Gasteiger partial charge < -0.3 is 14.9 Å². The van der Waals surface area contributed by atoms with Gasteiger partial charge in [-0.3, -0.25) is 4.68 Å². The minimum Gasteiger partial charge on any atom is -0.465 e. The molecular formula is C18H23N5O2. The number of hydrogen-bond acceptors (Lipinski definition) is 4. The predicted octanol–water partition coefficient (Wildman–Crippen LogP) is 2.27. The molecule has 2 aromatic rings. The maximum absolute atomic E-state index is 11.0. The quantitative estimate of drug-likeness (QED) is 0.903. The Labute approximate surface area is 147 Å². The number of amides is 1. The van der Waals surface area contributed by atoms with E-state index in [1.807, 2.05) is 37.0 Å². The molecule has 0 unspecified atom stereocenters. The Morgan fingerprint density at radius 2 is 1.96 bits per heavy atom. The van der Waals surface area contributed by atoms with Crippen molar-refractivity contribution >= 4 is 11.7 Å². The third kappa shape index (κ3) is 4.24. The number of likely N-dealkylation sites (N-methyl/N-ethyl adjacent to an activating group) is 1. The van der Waals surface area contributed by atoms with Gasteiger partial charge >= 0.3 is 6.09 Å². The minimum atomic E-state index is -0.860. The number of carbonyl (C=O) groups is 1. The molecule has 0 fully saturated rings. The van der Waals surface area contributed by atoms with Crippen molar-refractivity contribution in [2.75, 3.05) is 33.7 Å². The highest BCUT2D eigenvalue weighted by molar-refractivity contribution is 5.72. The monoisotopic (exact) mass is 341 g/mol. The van der Waals surface area contributed by atoms with E-state index < -0.39 is 6.09 Å². The van der Waals surface area contributed by atoms with Crippen LogP contribution in [-0.4, -0.2) is 69.5 Å². The smallest absolute Gasteiger partial charge is 0.407 e. The number of nitrogens with zero attached hydrogens (tertiary/aromatic N) is 5. The molecule has 0 saturated carbocycles. The second-order valence-electron chi connectivity index (χ2n) is 6.42. The first-order valence-corrected chi connectivity index (χ1v) is 8.35. The molecule has 1 aliphatic rings. The zero-order valence-electron chi connectivity index (χ0n) is 14.6. The normalized spacial score (nSPS) is 14.7. The van der Waals surface area contributed by atoms with Gasteiger partial charge in [0, 0.05) is 25.2 Å². The van der Waals surface area contributed by atoms with E-state index in [0.717, 1.165) is 36.5 Å². The molecule has 1 N–H and O–H groups in total. The maximum Gasteiger partial charge on any atom is 0.407 e. The number of carboxylic acid groups (broad SMARTS) is 1. The van der Waals surface area contributed by atoms with Gasteiger partial charge in [0.1, 0.15) is 6.33 Å². The molecule has 0 aliphatic carbocycles. The summed E-state index contributed by atoms with van der Waals surface area (Å²) >= 11 is 0. The summed E-state index contributed by atoms with van der Waals surface area (Å²) in [5, 5.41) is 13.5. The van der Waals surface area contributed by atoms with E-state index in [0.29, 0.717) is 13.1 Å². The molecule has 0 bridgehead atoms. The number of rotatable bonds is 5. The van der Waals surface area contributed by atoms with Gasteiger partial charge in [-0.1, -0.05) is 30.3 Å². The molecular weight excluding hydrogens is 318 g/mol. The van der Waals surface area contributed by atoms with Gasteiger partial charge in [-0.15, -0.1) is 0 Å². The summed E-state index contributed by atoms with van der Waals surface area (Å²) in [6.07, 6.45) is 3.63. The molecule has 0 saturated heterocycles. The molecule has 25 heavy (non-hydrogen) atoms. The topological polar surface area (TPSA) is 74.5 Å². The zero-order valence-corrected chi connectivity index (χ0v) is 14.6. The van der Waals surface area contributed by atoms with Crippen molar-refractivity contribution in [1.29, 1.82) is 0 Å². The lowest BCUT2D eigenvalue weighted by Gasteiger charge is -2.23. The van der Waals surface area contributed by atoms with Crippen LogP contribution in [0.4, 0.5) is 4.79 Å². The Balaban J connectivity index is 1.67. The van der Waals surface area contributed by atoms with Gasteiger partial charge in [0.25, 0.3) is 0 Å². The molecule has 0 radical (unpaired) electrons. The summed E-state index contributed by atoms with van der Waals surface area (Å²) in [4.78, 5) is 18.9. The summed E-state index contributed by atoms with van der Waals surface area (Å²) < 4.78 is 1.85. The summed E-state index contributed by atoms with van der Waals surface area (Å²) in [5.41, 5.74) is 3.30. The van der Waals surface area contributed by atoms with Crippen molar-refractivity contribution < 1.29 is 9.90 Å². The number of hydrogen-bond donors (Lipinski definition) is 1. The third-order valence-corrected chi connectivity index (χ3v) is 4.31. The minimum absolute atomic E-state index is 0.449. The van der Waals surface area contributed by atoms with Crippen molar-refractivity contribution in [2.45, 2.75) is 13.0 Å². The first-order chi connectivity index (χ1) is 12.0. The lowest BCUT2D eigenvalue weighted by Crippen LogP contribution is -2.33. The van der Waals surface area contributed by atoms with Crippen molar-refractivity contribution in [3.8, 4) is 11.4 Å². The lowest BCUT2D eigenvalue weighted by atomic mass is 9.98. The Morgan fingerprint density at radius 1 is 1.24 bits per heavy atom. The number of benzene rings is 1. The molecule has 0 spiro atoms. The molecule has 1 aromatic heterocycles. The van der Waals surface area contributed by atoms with Gasteiger partial charge in [0.2, 0.25) is 0 Å². The first kappa shape index (κ1) is 17.2. The molecule has 3 rings (SSSR count). The van der Waals surface area contributed by atoms with Crippen LogP contribution in [0.2, 0.25) is 0 Å². The molecule has 7 heteroatoms. The van der Waals surface area contributed by atoms with Crippen LogP contribution < -0.4 is 0 Å². The summed E-state index contributed by atoms with van der Waals surface area (Å²) in [6, 6.07) is 8.15. The van der Waals surface area contributed by atoms with Crippen LogP contribution in [0.25, 0.3) is 17.0 Å². The van der Waals surface area contributed by atoms with E-state index in [1.54, 1.807) is 6.33 Å². The van der Waals surface area contributed by atoms with Crippen LogP contribution >= 0.6 is 0 Å². The molecule has 1 amide bonds. The van der Waals surface area contributed by atoms with E-state index in [2.05, 4.69) is 27.1 Å². The summed E-state index contributed by atoms with van der Waals surface area (Å²) in [6.45, 7) is 2.72. The van der Waals surface area contributed by atoms with Gasteiger partial charge in [-0.25, -0.2) is 9.78 Å². The first-order valence-electron chi connectivity index (χ1n) is 8.35. The Morgan fingerprint density at radius 3 is 2.56 bits per heavy atom. The predicted molar refractivity (Wildman–Crippen MR) is 96.2 cm³/mol. The van der Waals surface area contributed by atoms with Crippen LogP contribution in [0.3, 0.4) is 0 Å². The Bertz CT molecular complexity index is 764. The van der Waals surface area contributed by atoms with E-state index in [1.165, 1.54) is 10.5 Å². The van der Waals surface area contributed by atoms with Gasteiger partial charge in [-0.2, -0.15) is 5.10 Å². The molecule has 0 atom stereocenters. The van der Waals surface area contributed by atoms with Crippen molar-refractivity contribution in [3.05, 3.63) is 42.2 Å². The van der Waals surface area contributed by atoms with E-state index in [-0.39, 0.29) is 0 Å². The van der Waals surface area contributed by atoms with Crippen LogP contribution in [-0.2, 0) is 6.54 Å². The van der Waals surface area contributed by atoms with Crippen LogP contribution in [0, 0.1) is 0 Å².